The minimum Gasteiger partial charge on any atom is -0.336 e. The highest BCUT2D eigenvalue weighted by Crippen LogP contribution is 2.14. The molecule has 1 aromatic rings. The Bertz CT molecular complexity index is 536. The first kappa shape index (κ1) is 14.1. The van der Waals surface area contributed by atoms with E-state index in [0.29, 0.717) is 25.2 Å². The summed E-state index contributed by atoms with van der Waals surface area (Å²) in [6.07, 6.45) is -0.100. The van der Waals surface area contributed by atoms with Crippen molar-refractivity contribution in [3.63, 3.8) is 0 Å². The number of rotatable bonds is 2. The van der Waals surface area contributed by atoms with Crippen molar-refractivity contribution in [2.24, 2.45) is 0 Å². The molecule has 0 aliphatic carbocycles. The van der Waals surface area contributed by atoms with Crippen LogP contribution in [0.15, 0.2) is 30.3 Å². The van der Waals surface area contributed by atoms with E-state index in [4.69, 9.17) is 5.26 Å². The third-order valence-electron chi connectivity index (χ3n) is 3.49. The number of piperazine rings is 1. The number of nitrogens with zero attached hydrogens (tertiary/aromatic N) is 3. The van der Waals surface area contributed by atoms with Crippen LogP contribution < -0.4 is 0 Å². The molecule has 1 heterocycles. The SMILES string of the molecule is CC1CN(C(=O)c2ccccc2)CCN1C(=O)CC#N. The van der Waals surface area contributed by atoms with Gasteiger partial charge in [0.25, 0.3) is 5.91 Å². The van der Waals surface area contributed by atoms with Gasteiger partial charge in [0.1, 0.15) is 6.42 Å². The number of nitriles is 1. The van der Waals surface area contributed by atoms with Gasteiger partial charge >= 0.3 is 0 Å². The number of hydrogen-bond acceptors (Lipinski definition) is 3. The molecule has 2 amide bonds. The summed E-state index contributed by atoms with van der Waals surface area (Å²) in [5.74, 6) is -0.170. The minimum atomic E-state index is -0.160. The molecule has 0 N–H and O–H groups in total. The van der Waals surface area contributed by atoms with Crippen LogP contribution in [0.2, 0.25) is 0 Å². The van der Waals surface area contributed by atoms with Gasteiger partial charge in [0, 0.05) is 31.2 Å². The molecule has 1 fully saturated rings. The minimum absolute atomic E-state index is 0.00941. The first-order valence-corrected chi connectivity index (χ1v) is 6.64. The van der Waals surface area contributed by atoms with Gasteiger partial charge in [-0.1, -0.05) is 18.2 Å². The predicted molar refractivity (Wildman–Crippen MR) is 73.8 cm³/mol. The first-order valence-electron chi connectivity index (χ1n) is 6.64. The molecule has 2 rings (SSSR count). The van der Waals surface area contributed by atoms with Gasteiger partial charge in [0.2, 0.25) is 5.91 Å². The summed E-state index contributed by atoms with van der Waals surface area (Å²) >= 11 is 0. The number of amides is 2. The van der Waals surface area contributed by atoms with Gasteiger partial charge in [-0.3, -0.25) is 9.59 Å². The molecule has 1 aromatic carbocycles. The standard InChI is InChI=1S/C15H17N3O2/c1-12-11-17(9-10-18(12)14(19)7-8-16)15(20)13-5-3-2-4-6-13/h2-6,12H,7,9-11H2,1H3. The zero-order chi connectivity index (χ0) is 14.5. The van der Waals surface area contributed by atoms with Crippen molar-refractivity contribution >= 4 is 11.8 Å². The summed E-state index contributed by atoms with van der Waals surface area (Å²) in [6.45, 7) is 3.40. The summed E-state index contributed by atoms with van der Waals surface area (Å²) in [4.78, 5) is 27.5. The van der Waals surface area contributed by atoms with Crippen LogP contribution in [0.25, 0.3) is 0 Å². The molecule has 0 aromatic heterocycles. The third-order valence-corrected chi connectivity index (χ3v) is 3.49. The van der Waals surface area contributed by atoms with Crippen molar-refractivity contribution < 1.29 is 9.59 Å². The molecule has 0 spiro atoms. The Labute approximate surface area is 118 Å². The zero-order valence-electron chi connectivity index (χ0n) is 11.5. The lowest BCUT2D eigenvalue weighted by Crippen LogP contribution is -2.55. The highest BCUT2D eigenvalue weighted by Gasteiger charge is 2.29. The zero-order valence-corrected chi connectivity index (χ0v) is 11.5. The smallest absolute Gasteiger partial charge is 0.253 e. The molecule has 0 radical (unpaired) electrons. The Morgan fingerprint density at radius 1 is 1.30 bits per heavy atom. The van der Waals surface area contributed by atoms with Crippen LogP contribution in [0.3, 0.4) is 0 Å². The van der Waals surface area contributed by atoms with Crippen LogP contribution in [0, 0.1) is 11.3 Å². The van der Waals surface area contributed by atoms with E-state index in [1.165, 1.54) is 0 Å². The summed E-state index contributed by atoms with van der Waals surface area (Å²) in [5.41, 5.74) is 0.663. The van der Waals surface area contributed by atoms with Crippen LogP contribution in [0.1, 0.15) is 23.7 Å². The molecule has 1 atom stereocenters. The maximum absolute atomic E-state index is 12.3. The molecule has 104 valence electrons. The van der Waals surface area contributed by atoms with Crippen molar-refractivity contribution in [2.75, 3.05) is 19.6 Å². The fourth-order valence-corrected chi connectivity index (χ4v) is 2.45. The van der Waals surface area contributed by atoms with Gasteiger partial charge in [-0.2, -0.15) is 5.26 Å². The van der Waals surface area contributed by atoms with E-state index in [2.05, 4.69) is 0 Å². The number of carbonyl (C=O) groups excluding carboxylic acids is 2. The van der Waals surface area contributed by atoms with E-state index >= 15 is 0 Å². The van der Waals surface area contributed by atoms with Gasteiger partial charge in [-0.15, -0.1) is 0 Å². The van der Waals surface area contributed by atoms with Crippen molar-refractivity contribution in [2.45, 2.75) is 19.4 Å². The molecule has 20 heavy (non-hydrogen) atoms. The normalized spacial score (nSPS) is 18.5. The first-order chi connectivity index (χ1) is 9.63. The van der Waals surface area contributed by atoms with Crippen LogP contribution >= 0.6 is 0 Å². The monoisotopic (exact) mass is 271 g/mol. The summed E-state index contributed by atoms with van der Waals surface area (Å²) in [6, 6.07) is 10.9. The molecule has 5 nitrogen and oxygen atoms in total. The summed E-state index contributed by atoms with van der Waals surface area (Å²) in [5, 5.41) is 8.58. The Morgan fingerprint density at radius 3 is 2.60 bits per heavy atom. The van der Waals surface area contributed by atoms with E-state index in [1.54, 1.807) is 21.9 Å². The highest BCUT2D eigenvalue weighted by molar-refractivity contribution is 5.94. The molecule has 1 saturated heterocycles. The number of benzene rings is 1. The van der Waals surface area contributed by atoms with Crippen LogP contribution in [-0.2, 0) is 4.79 Å². The van der Waals surface area contributed by atoms with Crippen molar-refractivity contribution in [3.05, 3.63) is 35.9 Å². The molecular weight excluding hydrogens is 254 g/mol. The van der Waals surface area contributed by atoms with Crippen molar-refractivity contribution in [1.82, 2.24) is 9.80 Å². The second-order valence-corrected chi connectivity index (χ2v) is 4.89. The molecular formula is C15H17N3O2. The topological polar surface area (TPSA) is 64.4 Å². The summed E-state index contributed by atoms with van der Waals surface area (Å²) in [7, 11) is 0. The lowest BCUT2D eigenvalue weighted by Gasteiger charge is -2.39. The average Bonchev–Trinajstić information content (AvgIpc) is 2.47. The number of hydrogen-bond donors (Lipinski definition) is 0. The van der Waals surface area contributed by atoms with Gasteiger partial charge in [0.05, 0.1) is 6.07 Å². The quantitative estimate of drug-likeness (QED) is 0.813. The van der Waals surface area contributed by atoms with E-state index < -0.39 is 0 Å². The summed E-state index contributed by atoms with van der Waals surface area (Å²) < 4.78 is 0. The predicted octanol–water partition coefficient (Wildman–Crippen LogP) is 1.27. The number of carbonyl (C=O) groups is 2. The third kappa shape index (κ3) is 2.97. The fraction of sp³-hybridized carbons (Fsp3) is 0.400. The second-order valence-electron chi connectivity index (χ2n) is 4.89. The van der Waals surface area contributed by atoms with Gasteiger partial charge in [0.15, 0.2) is 0 Å². The van der Waals surface area contributed by atoms with Gasteiger partial charge < -0.3 is 9.80 Å². The fourth-order valence-electron chi connectivity index (χ4n) is 2.45. The van der Waals surface area contributed by atoms with Gasteiger partial charge in [-0.25, -0.2) is 0 Å². The van der Waals surface area contributed by atoms with Crippen molar-refractivity contribution in [3.8, 4) is 6.07 Å². The van der Waals surface area contributed by atoms with Crippen molar-refractivity contribution in [1.29, 1.82) is 5.26 Å². The second kappa shape index (κ2) is 6.20. The van der Waals surface area contributed by atoms with Gasteiger partial charge in [-0.05, 0) is 19.1 Å². The lowest BCUT2D eigenvalue weighted by molar-refractivity contribution is -0.134. The van der Waals surface area contributed by atoms with E-state index in [0.717, 1.165) is 0 Å². The van der Waals surface area contributed by atoms with Crippen LogP contribution in [-0.4, -0.2) is 47.3 Å². The molecule has 1 aliphatic rings. The highest BCUT2D eigenvalue weighted by atomic mass is 16.2. The van der Waals surface area contributed by atoms with E-state index in [1.807, 2.05) is 31.2 Å². The molecule has 0 bridgehead atoms. The lowest BCUT2D eigenvalue weighted by atomic mass is 10.1. The molecule has 1 unspecified atom stereocenters. The molecule has 5 heteroatoms. The average molecular weight is 271 g/mol. The maximum atomic E-state index is 12.3. The Hall–Kier alpha value is -2.35. The molecule has 1 aliphatic heterocycles. The van der Waals surface area contributed by atoms with Crippen LogP contribution in [0.5, 0.6) is 0 Å². The maximum Gasteiger partial charge on any atom is 0.253 e. The largest absolute Gasteiger partial charge is 0.336 e. The van der Waals surface area contributed by atoms with E-state index in [-0.39, 0.29) is 24.3 Å². The molecule has 0 saturated carbocycles. The Kier molecular flexibility index (Phi) is 4.36. The Balaban J connectivity index is 2.01. The van der Waals surface area contributed by atoms with E-state index in [9.17, 15) is 9.59 Å². The van der Waals surface area contributed by atoms with Crippen LogP contribution in [0.4, 0.5) is 0 Å². The Morgan fingerprint density at radius 2 is 2.00 bits per heavy atom.